The standard InChI is InChI=1S/C15H15N7O2/c1-21-13(19-20-15(21)23)5-8-22-9-7-16-14(22)12-3-2-11(24-12)10-4-6-17-18-10/h2-4,6-7,9H,5,8H2,1H3,(H,17,18)(H,20,23). The molecule has 0 spiro atoms. The fourth-order valence-corrected chi connectivity index (χ4v) is 2.53. The highest BCUT2D eigenvalue weighted by atomic mass is 16.3. The molecule has 0 atom stereocenters. The molecule has 0 amide bonds. The summed E-state index contributed by atoms with van der Waals surface area (Å²) >= 11 is 0. The average molecular weight is 325 g/mol. The molecule has 0 fully saturated rings. The molecule has 122 valence electrons. The number of H-pyrrole nitrogens is 2. The molecule has 4 rings (SSSR count). The summed E-state index contributed by atoms with van der Waals surface area (Å²) in [5.41, 5.74) is 0.594. The highest BCUT2D eigenvalue weighted by Gasteiger charge is 2.13. The number of aryl methyl sites for hydroxylation is 2. The summed E-state index contributed by atoms with van der Waals surface area (Å²) in [6.45, 7) is 0.632. The van der Waals surface area contributed by atoms with E-state index >= 15 is 0 Å². The van der Waals surface area contributed by atoms with Gasteiger partial charge in [-0.2, -0.15) is 10.2 Å². The van der Waals surface area contributed by atoms with E-state index in [1.54, 1.807) is 19.4 Å². The third kappa shape index (κ3) is 2.45. The molecule has 0 bridgehead atoms. The molecule has 4 aromatic rings. The number of hydrogen-bond donors (Lipinski definition) is 2. The number of nitrogens with one attached hydrogen (secondary N) is 2. The average Bonchev–Trinajstić information content (AvgIpc) is 3.34. The molecule has 0 aliphatic rings. The van der Waals surface area contributed by atoms with Crippen LogP contribution in [0.2, 0.25) is 0 Å². The van der Waals surface area contributed by atoms with Crippen LogP contribution in [0.3, 0.4) is 0 Å². The predicted octanol–water partition coefficient (Wildman–Crippen LogP) is 1.20. The Kier molecular flexibility index (Phi) is 3.38. The molecule has 2 N–H and O–H groups in total. The number of hydrogen-bond acceptors (Lipinski definition) is 5. The van der Waals surface area contributed by atoms with Crippen molar-refractivity contribution in [3.8, 4) is 23.0 Å². The molecule has 4 heterocycles. The molecule has 9 heteroatoms. The summed E-state index contributed by atoms with van der Waals surface area (Å²) < 4.78 is 9.33. The van der Waals surface area contributed by atoms with Crippen LogP contribution in [0.15, 0.2) is 46.0 Å². The monoisotopic (exact) mass is 325 g/mol. The summed E-state index contributed by atoms with van der Waals surface area (Å²) in [6, 6.07) is 5.59. The molecule has 0 aliphatic heterocycles. The van der Waals surface area contributed by atoms with Crippen molar-refractivity contribution < 1.29 is 4.42 Å². The first-order chi connectivity index (χ1) is 11.7. The number of furan rings is 1. The molecule has 0 unspecified atom stereocenters. The van der Waals surface area contributed by atoms with E-state index in [1.165, 1.54) is 4.57 Å². The van der Waals surface area contributed by atoms with Gasteiger partial charge in [-0.3, -0.25) is 9.67 Å². The Morgan fingerprint density at radius 2 is 2.04 bits per heavy atom. The van der Waals surface area contributed by atoms with Crippen molar-refractivity contribution in [3.63, 3.8) is 0 Å². The molecule has 0 radical (unpaired) electrons. The minimum atomic E-state index is -0.217. The van der Waals surface area contributed by atoms with Crippen LogP contribution < -0.4 is 5.69 Å². The maximum Gasteiger partial charge on any atom is 0.343 e. The van der Waals surface area contributed by atoms with Gasteiger partial charge in [-0.05, 0) is 18.2 Å². The summed E-state index contributed by atoms with van der Waals surface area (Å²) in [7, 11) is 1.69. The number of nitrogens with zero attached hydrogens (tertiary/aromatic N) is 5. The lowest BCUT2D eigenvalue weighted by atomic mass is 10.3. The van der Waals surface area contributed by atoms with Crippen molar-refractivity contribution in [2.24, 2.45) is 7.05 Å². The summed E-state index contributed by atoms with van der Waals surface area (Å²) in [4.78, 5) is 15.8. The lowest BCUT2D eigenvalue weighted by Gasteiger charge is -2.05. The molecule has 0 aliphatic carbocycles. The van der Waals surface area contributed by atoms with Crippen molar-refractivity contribution in [2.75, 3.05) is 0 Å². The summed E-state index contributed by atoms with van der Waals surface area (Å²) in [5, 5.41) is 13.2. The lowest BCUT2D eigenvalue weighted by molar-refractivity contribution is 0.575. The highest BCUT2D eigenvalue weighted by molar-refractivity contribution is 5.58. The molecule has 9 nitrogen and oxygen atoms in total. The fourth-order valence-electron chi connectivity index (χ4n) is 2.53. The quantitative estimate of drug-likeness (QED) is 0.573. The molecule has 0 aromatic carbocycles. The van der Waals surface area contributed by atoms with Crippen molar-refractivity contribution in [3.05, 3.63) is 53.1 Å². The first-order valence-electron chi connectivity index (χ1n) is 7.44. The van der Waals surface area contributed by atoms with Gasteiger partial charge < -0.3 is 8.98 Å². The predicted molar refractivity (Wildman–Crippen MR) is 85.0 cm³/mol. The molecule has 24 heavy (non-hydrogen) atoms. The minimum absolute atomic E-state index is 0.217. The van der Waals surface area contributed by atoms with Crippen LogP contribution in [0.4, 0.5) is 0 Å². The maximum atomic E-state index is 11.4. The van der Waals surface area contributed by atoms with E-state index in [4.69, 9.17) is 4.42 Å². The van der Waals surface area contributed by atoms with E-state index in [2.05, 4.69) is 25.4 Å². The Bertz CT molecular complexity index is 1000. The van der Waals surface area contributed by atoms with Gasteiger partial charge in [-0.25, -0.2) is 14.9 Å². The zero-order chi connectivity index (χ0) is 16.5. The summed E-state index contributed by atoms with van der Waals surface area (Å²) in [6.07, 6.45) is 5.87. The second kappa shape index (κ2) is 5.69. The lowest BCUT2D eigenvalue weighted by Crippen LogP contribution is -2.15. The van der Waals surface area contributed by atoms with E-state index in [-0.39, 0.29) is 5.69 Å². The Hall–Kier alpha value is -3.36. The first kappa shape index (κ1) is 14.2. The minimum Gasteiger partial charge on any atom is -0.451 e. The highest BCUT2D eigenvalue weighted by Crippen LogP contribution is 2.26. The van der Waals surface area contributed by atoms with Gasteiger partial charge in [0.1, 0.15) is 11.5 Å². The number of imidazole rings is 1. The van der Waals surface area contributed by atoms with Crippen LogP contribution >= 0.6 is 0 Å². The van der Waals surface area contributed by atoms with E-state index in [1.807, 2.05) is 29.0 Å². The van der Waals surface area contributed by atoms with Crippen LogP contribution in [-0.2, 0) is 20.0 Å². The third-order valence-electron chi connectivity index (χ3n) is 3.86. The normalized spacial score (nSPS) is 11.2. The largest absolute Gasteiger partial charge is 0.451 e. The Morgan fingerprint density at radius 1 is 1.17 bits per heavy atom. The van der Waals surface area contributed by atoms with Gasteiger partial charge in [-0.1, -0.05) is 0 Å². The summed E-state index contributed by atoms with van der Waals surface area (Å²) in [5.74, 6) is 2.78. The molecular weight excluding hydrogens is 310 g/mol. The van der Waals surface area contributed by atoms with Crippen LogP contribution in [-0.4, -0.2) is 34.5 Å². The van der Waals surface area contributed by atoms with Crippen molar-refractivity contribution in [1.29, 1.82) is 0 Å². The van der Waals surface area contributed by atoms with Gasteiger partial charge in [0.05, 0.1) is 0 Å². The van der Waals surface area contributed by atoms with Gasteiger partial charge in [0, 0.05) is 38.6 Å². The number of rotatable bonds is 5. The van der Waals surface area contributed by atoms with Crippen molar-refractivity contribution in [2.45, 2.75) is 13.0 Å². The van der Waals surface area contributed by atoms with E-state index in [9.17, 15) is 4.79 Å². The van der Waals surface area contributed by atoms with Gasteiger partial charge in [-0.15, -0.1) is 0 Å². The van der Waals surface area contributed by atoms with Crippen LogP contribution in [0.1, 0.15) is 5.82 Å². The van der Waals surface area contributed by atoms with Crippen molar-refractivity contribution >= 4 is 0 Å². The van der Waals surface area contributed by atoms with E-state index in [0.29, 0.717) is 30.3 Å². The van der Waals surface area contributed by atoms with Gasteiger partial charge >= 0.3 is 5.69 Å². The zero-order valence-electron chi connectivity index (χ0n) is 12.9. The second-order valence-corrected chi connectivity index (χ2v) is 5.33. The SMILES string of the molecule is Cn1c(CCn2ccnc2-c2ccc(-c3ccn[nH]3)o2)n[nH]c1=O. The number of aromatic amines is 2. The third-order valence-corrected chi connectivity index (χ3v) is 3.86. The Labute approximate surface area is 136 Å². The molecular formula is C15H15N7O2. The Morgan fingerprint density at radius 3 is 2.79 bits per heavy atom. The molecule has 0 saturated carbocycles. The van der Waals surface area contributed by atoms with Gasteiger partial charge in [0.2, 0.25) is 0 Å². The zero-order valence-corrected chi connectivity index (χ0v) is 12.9. The smallest absolute Gasteiger partial charge is 0.343 e. The number of aromatic nitrogens is 7. The van der Waals surface area contributed by atoms with E-state index < -0.39 is 0 Å². The fraction of sp³-hybridized carbons (Fsp3) is 0.200. The van der Waals surface area contributed by atoms with Gasteiger partial charge in [0.15, 0.2) is 17.3 Å². The van der Waals surface area contributed by atoms with Crippen LogP contribution in [0.5, 0.6) is 0 Å². The maximum absolute atomic E-state index is 11.4. The van der Waals surface area contributed by atoms with E-state index in [0.717, 1.165) is 11.5 Å². The van der Waals surface area contributed by atoms with Gasteiger partial charge in [0.25, 0.3) is 0 Å². The van der Waals surface area contributed by atoms with Crippen molar-refractivity contribution in [1.82, 2.24) is 34.5 Å². The Balaban J connectivity index is 1.56. The molecule has 4 aromatic heterocycles. The first-order valence-corrected chi connectivity index (χ1v) is 7.44. The second-order valence-electron chi connectivity index (χ2n) is 5.33. The molecule has 0 saturated heterocycles. The van der Waals surface area contributed by atoms with Crippen LogP contribution in [0.25, 0.3) is 23.0 Å². The topological polar surface area (TPSA) is 110 Å². The van der Waals surface area contributed by atoms with Crippen LogP contribution in [0, 0.1) is 0 Å².